The first-order chi connectivity index (χ1) is 12.5. The molecule has 0 heterocycles. The summed E-state index contributed by atoms with van der Waals surface area (Å²) in [6.07, 6.45) is 2.25. The highest BCUT2D eigenvalue weighted by Crippen LogP contribution is 2.53. The summed E-state index contributed by atoms with van der Waals surface area (Å²) in [6, 6.07) is 5.48. The summed E-state index contributed by atoms with van der Waals surface area (Å²) in [5.41, 5.74) is 0.448. The number of hydrogen-bond donors (Lipinski definition) is 0. The molecule has 0 N–H and O–H groups in total. The number of rotatable bonds is 4. The Labute approximate surface area is 147 Å². The first kappa shape index (κ1) is 16.4. The van der Waals surface area contributed by atoms with Crippen LogP contribution in [0.4, 0.5) is 10.5 Å². The van der Waals surface area contributed by atoms with Crippen molar-refractivity contribution in [1.29, 1.82) is 0 Å². The second kappa shape index (κ2) is 6.05. The predicted octanol–water partition coefficient (Wildman–Crippen LogP) is 2.21. The lowest BCUT2D eigenvalue weighted by molar-refractivity contribution is -0.384. The number of ether oxygens (including phenoxy) is 2. The quantitative estimate of drug-likeness (QED) is 0.267. The van der Waals surface area contributed by atoms with Gasteiger partial charge in [0, 0.05) is 24.0 Å². The number of benzene rings is 1. The normalized spacial score (nSPS) is 31.2. The van der Waals surface area contributed by atoms with Gasteiger partial charge >= 0.3 is 6.16 Å². The lowest BCUT2D eigenvalue weighted by atomic mass is 9.85. The number of nitrogens with zero attached hydrogens (tertiary/aromatic N) is 1. The van der Waals surface area contributed by atoms with E-state index in [0.717, 1.165) is 6.42 Å². The fraction of sp³-hybridized carbons (Fsp3) is 0.389. The van der Waals surface area contributed by atoms with Crippen molar-refractivity contribution in [2.24, 2.45) is 23.7 Å². The molecule has 0 radical (unpaired) electrons. The number of hydrogen-bond acceptors (Lipinski definition) is 7. The predicted molar refractivity (Wildman–Crippen MR) is 85.9 cm³/mol. The van der Waals surface area contributed by atoms with Crippen LogP contribution in [0.5, 0.6) is 0 Å². The van der Waals surface area contributed by atoms with E-state index in [9.17, 15) is 24.5 Å². The van der Waals surface area contributed by atoms with Crippen molar-refractivity contribution in [3.05, 3.63) is 52.1 Å². The molecule has 8 heteroatoms. The summed E-state index contributed by atoms with van der Waals surface area (Å²) in [6.45, 7) is -0.175. The molecule has 0 aliphatic heterocycles. The largest absolute Gasteiger partial charge is 0.509 e. The van der Waals surface area contributed by atoms with Gasteiger partial charge in [-0.2, -0.15) is 0 Å². The molecular weight excluding hydrogens is 342 g/mol. The maximum Gasteiger partial charge on any atom is 0.509 e. The summed E-state index contributed by atoms with van der Waals surface area (Å²) in [7, 11) is 0. The van der Waals surface area contributed by atoms with Crippen LogP contribution >= 0.6 is 0 Å². The average molecular weight is 357 g/mol. The minimum absolute atomic E-state index is 0.0613. The van der Waals surface area contributed by atoms with Crippen molar-refractivity contribution in [3.63, 3.8) is 0 Å². The average Bonchev–Trinajstić information content (AvgIpc) is 3.30. The van der Waals surface area contributed by atoms with Crippen molar-refractivity contribution in [1.82, 2.24) is 0 Å². The number of carbonyl (C=O) groups is 3. The number of ketones is 2. The number of Topliss-reactive ketones (excluding diaryl/α,β-unsaturated/α-hetero) is 2. The molecule has 3 aliphatic carbocycles. The number of fused-ring (bicyclic) bond motifs is 5. The van der Waals surface area contributed by atoms with Crippen molar-refractivity contribution < 1.29 is 28.8 Å². The van der Waals surface area contributed by atoms with E-state index < -0.39 is 17.2 Å². The van der Waals surface area contributed by atoms with Crippen molar-refractivity contribution >= 4 is 23.4 Å². The van der Waals surface area contributed by atoms with E-state index in [-0.39, 0.29) is 47.5 Å². The molecule has 2 bridgehead atoms. The Hall–Kier alpha value is -3.03. The number of non-ortho nitro benzene ring substituents is 1. The van der Waals surface area contributed by atoms with E-state index in [0.29, 0.717) is 5.56 Å². The molecule has 4 atom stereocenters. The third kappa shape index (κ3) is 2.58. The van der Waals surface area contributed by atoms with Crippen molar-refractivity contribution in [2.75, 3.05) is 0 Å². The summed E-state index contributed by atoms with van der Waals surface area (Å²) >= 11 is 0. The van der Waals surface area contributed by atoms with E-state index in [4.69, 9.17) is 9.47 Å². The van der Waals surface area contributed by atoms with Gasteiger partial charge in [-0.1, -0.05) is 12.2 Å². The summed E-state index contributed by atoms with van der Waals surface area (Å²) in [5, 5.41) is 10.6. The summed E-state index contributed by atoms with van der Waals surface area (Å²) in [4.78, 5) is 46.8. The van der Waals surface area contributed by atoms with Crippen LogP contribution in [0.3, 0.4) is 0 Å². The van der Waals surface area contributed by atoms with Gasteiger partial charge in [-0.25, -0.2) is 4.79 Å². The first-order valence-corrected chi connectivity index (χ1v) is 8.28. The van der Waals surface area contributed by atoms with Crippen LogP contribution in [0, 0.1) is 33.8 Å². The second-order valence-corrected chi connectivity index (χ2v) is 6.76. The number of allylic oxidation sites excluding steroid dienone is 2. The number of nitro benzene ring substituents is 1. The molecular formula is C18H15NO7. The number of nitro groups is 1. The van der Waals surface area contributed by atoms with Gasteiger partial charge in [-0.15, -0.1) is 0 Å². The fourth-order valence-electron chi connectivity index (χ4n) is 4.19. The van der Waals surface area contributed by atoms with Crippen LogP contribution in [0.15, 0.2) is 36.4 Å². The van der Waals surface area contributed by atoms with Gasteiger partial charge in [0.05, 0.1) is 4.92 Å². The monoisotopic (exact) mass is 357 g/mol. The van der Waals surface area contributed by atoms with Gasteiger partial charge in [0.25, 0.3) is 5.69 Å². The lowest BCUT2D eigenvalue weighted by Crippen LogP contribution is -2.32. The Kier molecular flexibility index (Phi) is 3.82. The molecule has 1 aromatic rings. The van der Waals surface area contributed by atoms with Crippen LogP contribution in [-0.4, -0.2) is 28.7 Å². The highest BCUT2D eigenvalue weighted by molar-refractivity contribution is 6.15. The smallest absolute Gasteiger partial charge is 0.429 e. The third-order valence-corrected chi connectivity index (χ3v) is 5.35. The molecule has 3 aliphatic rings. The molecule has 4 unspecified atom stereocenters. The summed E-state index contributed by atoms with van der Waals surface area (Å²) < 4.78 is 9.91. The molecule has 0 spiro atoms. The van der Waals surface area contributed by atoms with E-state index in [1.54, 1.807) is 0 Å². The van der Waals surface area contributed by atoms with Gasteiger partial charge in [-0.05, 0) is 36.0 Å². The SMILES string of the molecule is O=C(OCc1ccc([N+](=O)[O-])cc1)OC1C(=O)C2C3C=CC(C3)C2C1=O. The van der Waals surface area contributed by atoms with Gasteiger partial charge < -0.3 is 9.47 Å². The maximum atomic E-state index is 12.4. The Balaban J connectivity index is 1.35. The molecule has 1 aromatic carbocycles. The van der Waals surface area contributed by atoms with Crippen LogP contribution in [0.2, 0.25) is 0 Å². The topological polar surface area (TPSA) is 113 Å². The van der Waals surface area contributed by atoms with Crippen LogP contribution < -0.4 is 0 Å². The number of carbonyl (C=O) groups excluding carboxylic acids is 3. The molecule has 4 rings (SSSR count). The van der Waals surface area contributed by atoms with Gasteiger partial charge in [0.2, 0.25) is 6.10 Å². The van der Waals surface area contributed by atoms with Gasteiger partial charge in [-0.3, -0.25) is 19.7 Å². The van der Waals surface area contributed by atoms with Gasteiger partial charge in [0.15, 0.2) is 11.6 Å². The zero-order valence-electron chi connectivity index (χ0n) is 13.6. The van der Waals surface area contributed by atoms with E-state index >= 15 is 0 Å². The zero-order chi connectivity index (χ0) is 18.4. The molecule has 2 fully saturated rings. The molecule has 0 amide bonds. The van der Waals surface area contributed by atoms with E-state index in [2.05, 4.69) is 0 Å². The highest BCUT2D eigenvalue weighted by Gasteiger charge is 2.61. The van der Waals surface area contributed by atoms with E-state index in [1.807, 2.05) is 12.2 Å². The first-order valence-electron chi connectivity index (χ1n) is 8.28. The van der Waals surface area contributed by atoms with Crippen molar-refractivity contribution in [3.8, 4) is 0 Å². The van der Waals surface area contributed by atoms with Crippen LogP contribution in [0.1, 0.15) is 12.0 Å². The molecule has 134 valence electrons. The third-order valence-electron chi connectivity index (χ3n) is 5.35. The standard InChI is InChI=1S/C18H15NO7/c20-15-13-10-3-4-11(7-10)14(13)16(21)17(15)26-18(22)25-8-9-1-5-12(6-2-9)19(23)24/h1-6,10-11,13-14,17H,7-8H2. The molecule has 8 nitrogen and oxygen atoms in total. The fourth-order valence-corrected chi connectivity index (χ4v) is 4.19. The Morgan fingerprint density at radius 1 is 1.08 bits per heavy atom. The lowest BCUT2D eigenvalue weighted by Gasteiger charge is -2.15. The highest BCUT2D eigenvalue weighted by atomic mass is 16.7. The minimum Gasteiger partial charge on any atom is -0.429 e. The second-order valence-electron chi connectivity index (χ2n) is 6.76. The Bertz CT molecular complexity index is 798. The van der Waals surface area contributed by atoms with Gasteiger partial charge in [0.1, 0.15) is 6.61 Å². The summed E-state index contributed by atoms with van der Waals surface area (Å²) in [5.74, 6) is -1.33. The molecule has 2 saturated carbocycles. The van der Waals surface area contributed by atoms with Crippen LogP contribution in [0.25, 0.3) is 0 Å². The minimum atomic E-state index is -1.39. The van der Waals surface area contributed by atoms with Crippen molar-refractivity contribution in [2.45, 2.75) is 19.1 Å². The maximum absolute atomic E-state index is 12.4. The van der Waals surface area contributed by atoms with E-state index in [1.165, 1.54) is 24.3 Å². The molecule has 0 aromatic heterocycles. The van der Waals surface area contributed by atoms with Crippen LogP contribution in [-0.2, 0) is 25.7 Å². The molecule has 0 saturated heterocycles. The Morgan fingerprint density at radius 3 is 2.19 bits per heavy atom. The molecule has 26 heavy (non-hydrogen) atoms. The Morgan fingerprint density at radius 2 is 1.65 bits per heavy atom. The zero-order valence-corrected chi connectivity index (χ0v) is 13.6.